The summed E-state index contributed by atoms with van der Waals surface area (Å²) in [5.74, 6) is -2.78. The standard InChI is InChI=1S/C6H8O6.C6H12O6/c7-1-2(8)5-3(9)4(10)6(11)12-5;7-1-3(9)5(11)6(12)4(10)2-8/h2,5,7-10H,1H2;1,3-6,8-12H,2H2/t2?,5-;/m1./s1. The van der Waals surface area contributed by atoms with Crippen molar-refractivity contribution in [3.05, 3.63) is 11.5 Å². The number of aliphatic hydroxyl groups is 9. The largest absolute Gasteiger partial charge is 0.505 e. The molecule has 0 radical (unpaired) electrons. The summed E-state index contributed by atoms with van der Waals surface area (Å²) in [6.07, 6.45) is -9.62. The topological polar surface area (TPSA) is 225 Å². The first-order valence-electron chi connectivity index (χ1n) is 6.52. The highest BCUT2D eigenvalue weighted by Gasteiger charge is 2.38. The molecule has 1 aliphatic rings. The average molecular weight is 356 g/mol. The Morgan fingerprint density at radius 3 is 1.88 bits per heavy atom. The van der Waals surface area contributed by atoms with Crippen LogP contribution in [0.25, 0.3) is 0 Å². The zero-order valence-electron chi connectivity index (χ0n) is 12.2. The van der Waals surface area contributed by atoms with Crippen molar-refractivity contribution in [3.63, 3.8) is 0 Å². The molecular weight excluding hydrogens is 336 g/mol. The molecule has 1 heterocycles. The second-order valence-electron chi connectivity index (χ2n) is 4.67. The monoisotopic (exact) mass is 356 g/mol. The zero-order valence-corrected chi connectivity index (χ0v) is 12.2. The van der Waals surface area contributed by atoms with E-state index < -0.39 is 67.3 Å². The lowest BCUT2D eigenvalue weighted by Gasteiger charge is -2.22. The van der Waals surface area contributed by atoms with E-state index in [1.807, 2.05) is 0 Å². The van der Waals surface area contributed by atoms with Crippen LogP contribution in [0.2, 0.25) is 0 Å². The van der Waals surface area contributed by atoms with Crippen LogP contribution >= 0.6 is 0 Å². The molecule has 9 N–H and O–H groups in total. The van der Waals surface area contributed by atoms with Crippen LogP contribution in [0.5, 0.6) is 0 Å². The fourth-order valence-corrected chi connectivity index (χ4v) is 1.44. The quantitative estimate of drug-likeness (QED) is 0.155. The Morgan fingerprint density at radius 2 is 1.54 bits per heavy atom. The number of aliphatic hydroxyl groups excluding tert-OH is 9. The van der Waals surface area contributed by atoms with Crippen molar-refractivity contribution in [1.29, 1.82) is 0 Å². The van der Waals surface area contributed by atoms with Gasteiger partial charge in [-0.05, 0) is 0 Å². The van der Waals surface area contributed by atoms with E-state index in [2.05, 4.69) is 4.74 Å². The normalized spacial score (nSPS) is 23.5. The summed E-state index contributed by atoms with van der Waals surface area (Å²) in [5.41, 5.74) is 0. The van der Waals surface area contributed by atoms with Gasteiger partial charge in [0.25, 0.3) is 0 Å². The van der Waals surface area contributed by atoms with Crippen LogP contribution in [0.1, 0.15) is 0 Å². The second-order valence-corrected chi connectivity index (χ2v) is 4.67. The van der Waals surface area contributed by atoms with Gasteiger partial charge in [-0.3, -0.25) is 0 Å². The van der Waals surface area contributed by atoms with Crippen LogP contribution in [0.4, 0.5) is 0 Å². The molecule has 12 heteroatoms. The molecule has 12 nitrogen and oxygen atoms in total. The van der Waals surface area contributed by atoms with Gasteiger partial charge >= 0.3 is 5.97 Å². The summed E-state index contributed by atoms with van der Waals surface area (Å²) in [5, 5.41) is 78.6. The minimum Gasteiger partial charge on any atom is -0.505 e. The Kier molecular flexibility index (Phi) is 9.38. The Labute approximate surface area is 135 Å². The lowest BCUT2D eigenvalue weighted by molar-refractivity contribution is -0.147. The summed E-state index contributed by atoms with van der Waals surface area (Å²) in [7, 11) is 0. The lowest BCUT2D eigenvalue weighted by atomic mass is 10.0. The molecule has 0 spiro atoms. The summed E-state index contributed by atoms with van der Waals surface area (Å²) < 4.78 is 4.32. The summed E-state index contributed by atoms with van der Waals surface area (Å²) in [6, 6.07) is 0. The molecule has 0 bridgehead atoms. The van der Waals surface area contributed by atoms with Crippen LogP contribution in [-0.2, 0) is 14.3 Å². The molecule has 0 saturated heterocycles. The Bertz CT molecular complexity index is 449. The minimum absolute atomic E-state index is 0.0258. The van der Waals surface area contributed by atoms with E-state index in [0.29, 0.717) is 0 Å². The molecule has 140 valence electrons. The van der Waals surface area contributed by atoms with E-state index in [-0.39, 0.29) is 6.29 Å². The van der Waals surface area contributed by atoms with Crippen molar-refractivity contribution in [1.82, 2.24) is 0 Å². The molecule has 0 amide bonds. The lowest BCUT2D eigenvalue weighted by Crippen LogP contribution is -2.46. The zero-order chi connectivity index (χ0) is 19.0. The first-order chi connectivity index (χ1) is 11.1. The van der Waals surface area contributed by atoms with E-state index >= 15 is 0 Å². The van der Waals surface area contributed by atoms with Crippen LogP contribution in [0, 0.1) is 0 Å². The number of esters is 1. The number of hydrogen-bond donors (Lipinski definition) is 9. The second kappa shape index (κ2) is 10.1. The summed E-state index contributed by atoms with van der Waals surface area (Å²) in [4.78, 5) is 20.4. The number of cyclic esters (lactones) is 1. The Hall–Kier alpha value is -1.80. The molecule has 0 aromatic heterocycles. The van der Waals surface area contributed by atoms with Gasteiger partial charge in [0.2, 0.25) is 5.76 Å². The van der Waals surface area contributed by atoms with Gasteiger partial charge in [0.15, 0.2) is 18.1 Å². The highest BCUT2D eigenvalue weighted by Crippen LogP contribution is 2.20. The first kappa shape index (κ1) is 22.2. The molecule has 24 heavy (non-hydrogen) atoms. The van der Waals surface area contributed by atoms with Gasteiger partial charge < -0.3 is 55.5 Å². The third-order valence-electron chi connectivity index (χ3n) is 2.90. The van der Waals surface area contributed by atoms with Crippen molar-refractivity contribution >= 4 is 12.3 Å². The summed E-state index contributed by atoms with van der Waals surface area (Å²) in [6.45, 7) is -1.43. The number of carbonyl (C=O) groups excluding carboxylic acids is 2. The van der Waals surface area contributed by atoms with E-state index in [1.54, 1.807) is 0 Å². The number of aldehydes is 1. The van der Waals surface area contributed by atoms with E-state index in [1.165, 1.54) is 0 Å². The van der Waals surface area contributed by atoms with Gasteiger partial charge in [0, 0.05) is 0 Å². The third-order valence-corrected chi connectivity index (χ3v) is 2.90. The third kappa shape index (κ3) is 5.68. The highest BCUT2D eigenvalue weighted by molar-refractivity contribution is 5.89. The van der Waals surface area contributed by atoms with Gasteiger partial charge in [-0.1, -0.05) is 0 Å². The maximum Gasteiger partial charge on any atom is 0.377 e. The van der Waals surface area contributed by atoms with Crippen LogP contribution in [0.3, 0.4) is 0 Å². The van der Waals surface area contributed by atoms with Crippen LogP contribution < -0.4 is 0 Å². The number of hydrogen-bond acceptors (Lipinski definition) is 12. The van der Waals surface area contributed by atoms with Gasteiger partial charge in [-0.2, -0.15) is 0 Å². The van der Waals surface area contributed by atoms with E-state index in [9.17, 15) is 9.59 Å². The smallest absolute Gasteiger partial charge is 0.377 e. The molecule has 0 fully saturated rings. The van der Waals surface area contributed by atoms with Crippen LogP contribution in [0.15, 0.2) is 11.5 Å². The first-order valence-corrected chi connectivity index (χ1v) is 6.52. The van der Waals surface area contributed by atoms with Gasteiger partial charge in [0.05, 0.1) is 13.2 Å². The molecule has 0 aromatic carbocycles. The number of carbonyl (C=O) groups is 2. The fraction of sp³-hybridized carbons (Fsp3) is 0.667. The fourth-order valence-electron chi connectivity index (χ4n) is 1.44. The van der Waals surface area contributed by atoms with E-state index in [0.717, 1.165) is 0 Å². The molecule has 5 unspecified atom stereocenters. The SMILES string of the molecule is O=C1O[C@H](C(O)CO)C(O)=C1O.O=CC(O)C(O)C(O)C(O)CO. The Morgan fingerprint density at radius 1 is 1.00 bits per heavy atom. The van der Waals surface area contributed by atoms with Crippen LogP contribution in [-0.4, -0.2) is 108 Å². The van der Waals surface area contributed by atoms with Gasteiger partial charge in [-0.15, -0.1) is 0 Å². The number of ether oxygens (including phenoxy) is 1. The highest BCUT2D eigenvalue weighted by atomic mass is 16.6. The number of rotatable bonds is 7. The van der Waals surface area contributed by atoms with E-state index in [4.69, 9.17) is 46.0 Å². The molecule has 1 rings (SSSR count). The average Bonchev–Trinajstić information content (AvgIpc) is 2.86. The van der Waals surface area contributed by atoms with Crippen molar-refractivity contribution in [2.45, 2.75) is 36.6 Å². The van der Waals surface area contributed by atoms with Gasteiger partial charge in [0.1, 0.15) is 30.5 Å². The van der Waals surface area contributed by atoms with Crippen molar-refractivity contribution in [2.75, 3.05) is 13.2 Å². The molecule has 6 atom stereocenters. The molecule has 0 aromatic rings. The van der Waals surface area contributed by atoms with Crippen molar-refractivity contribution < 1.29 is 60.3 Å². The minimum atomic E-state index is -1.79. The molecule has 0 saturated carbocycles. The molecule has 0 aliphatic carbocycles. The molecular formula is C12H20O12. The maximum atomic E-state index is 10.5. The van der Waals surface area contributed by atoms with Crippen molar-refractivity contribution in [2.24, 2.45) is 0 Å². The maximum absolute atomic E-state index is 10.5. The van der Waals surface area contributed by atoms with Gasteiger partial charge in [-0.25, -0.2) is 4.79 Å². The predicted molar refractivity (Wildman–Crippen MR) is 72.4 cm³/mol. The molecule has 1 aliphatic heterocycles. The van der Waals surface area contributed by atoms with Crippen molar-refractivity contribution in [3.8, 4) is 0 Å². The summed E-state index contributed by atoms with van der Waals surface area (Å²) >= 11 is 0. The predicted octanol–water partition coefficient (Wildman–Crippen LogP) is -4.79. The Balaban J connectivity index is 0.000000441.